The normalized spacial score (nSPS) is 10.6. The fraction of sp³-hybridized carbons (Fsp3) is 0.125. The van der Waals surface area contributed by atoms with Gasteiger partial charge in [0.2, 0.25) is 5.91 Å². The van der Waals surface area contributed by atoms with Crippen molar-refractivity contribution in [2.45, 2.75) is 6.42 Å². The summed E-state index contributed by atoms with van der Waals surface area (Å²) in [5.74, 6) is 0.590. The van der Waals surface area contributed by atoms with Crippen LogP contribution in [0.5, 0.6) is 5.75 Å². The zero-order valence-corrected chi connectivity index (χ0v) is 13.4. The molecule has 6 heteroatoms. The highest BCUT2D eigenvalue weighted by Crippen LogP contribution is 2.32. The van der Waals surface area contributed by atoms with Gasteiger partial charge in [0.05, 0.1) is 18.2 Å². The van der Waals surface area contributed by atoms with Gasteiger partial charge in [0.25, 0.3) is 0 Å². The van der Waals surface area contributed by atoms with Gasteiger partial charge in [-0.3, -0.25) is 4.79 Å². The van der Waals surface area contributed by atoms with E-state index in [1.165, 1.54) is 11.3 Å². The third-order valence-electron chi connectivity index (χ3n) is 3.13. The lowest BCUT2D eigenvalue weighted by molar-refractivity contribution is -0.115. The van der Waals surface area contributed by atoms with E-state index in [4.69, 9.17) is 16.3 Å². The standard InChI is InChI=1S/C16H13ClN2O2S/c1-21-12-3-2-4-13-15(12)19-16(22-13)18-14(20)9-10-5-7-11(17)8-6-10/h2-8H,9H2,1H3,(H,18,19,20). The molecule has 0 aliphatic carbocycles. The first-order valence-corrected chi connectivity index (χ1v) is 7.83. The predicted molar refractivity (Wildman–Crippen MR) is 90.0 cm³/mol. The number of hydrogen-bond donors (Lipinski definition) is 1. The maximum atomic E-state index is 12.1. The Balaban J connectivity index is 1.75. The van der Waals surface area contributed by atoms with Gasteiger partial charge in [-0.1, -0.05) is 41.1 Å². The van der Waals surface area contributed by atoms with Gasteiger partial charge in [-0.05, 0) is 29.8 Å². The van der Waals surface area contributed by atoms with Crippen molar-refractivity contribution in [2.24, 2.45) is 0 Å². The molecule has 1 N–H and O–H groups in total. The van der Waals surface area contributed by atoms with Crippen molar-refractivity contribution in [3.8, 4) is 5.75 Å². The number of anilines is 1. The maximum Gasteiger partial charge on any atom is 0.230 e. The zero-order valence-electron chi connectivity index (χ0n) is 11.8. The van der Waals surface area contributed by atoms with Gasteiger partial charge in [-0.25, -0.2) is 4.98 Å². The number of benzene rings is 2. The molecule has 1 heterocycles. The number of hydrogen-bond acceptors (Lipinski definition) is 4. The van der Waals surface area contributed by atoms with Gasteiger partial charge >= 0.3 is 0 Å². The summed E-state index contributed by atoms with van der Waals surface area (Å²) in [4.78, 5) is 16.5. The molecule has 0 saturated heterocycles. The Labute approximate surface area is 136 Å². The smallest absolute Gasteiger partial charge is 0.230 e. The number of carbonyl (C=O) groups is 1. The Morgan fingerprint density at radius 1 is 1.27 bits per heavy atom. The summed E-state index contributed by atoms with van der Waals surface area (Å²) in [5.41, 5.74) is 1.66. The second kappa shape index (κ2) is 6.34. The molecule has 0 radical (unpaired) electrons. The third-order valence-corrected chi connectivity index (χ3v) is 4.31. The summed E-state index contributed by atoms with van der Waals surface area (Å²) in [6.45, 7) is 0. The summed E-state index contributed by atoms with van der Waals surface area (Å²) in [7, 11) is 1.60. The highest BCUT2D eigenvalue weighted by atomic mass is 35.5. The van der Waals surface area contributed by atoms with Crippen LogP contribution in [0.15, 0.2) is 42.5 Å². The SMILES string of the molecule is COc1cccc2sc(NC(=O)Cc3ccc(Cl)cc3)nc12. The molecule has 2 aromatic carbocycles. The van der Waals surface area contributed by atoms with Gasteiger partial charge in [0, 0.05) is 5.02 Å². The molecule has 4 nitrogen and oxygen atoms in total. The van der Waals surface area contributed by atoms with E-state index < -0.39 is 0 Å². The van der Waals surface area contributed by atoms with E-state index >= 15 is 0 Å². The molecule has 0 atom stereocenters. The fourth-order valence-electron chi connectivity index (χ4n) is 2.09. The number of thiazole rings is 1. The summed E-state index contributed by atoms with van der Waals surface area (Å²) >= 11 is 7.25. The number of carbonyl (C=O) groups excluding carboxylic acids is 1. The minimum atomic E-state index is -0.111. The molecule has 1 aromatic heterocycles. The average molecular weight is 333 g/mol. The first-order chi connectivity index (χ1) is 10.7. The lowest BCUT2D eigenvalue weighted by atomic mass is 10.1. The van der Waals surface area contributed by atoms with Crippen LogP contribution in [0.3, 0.4) is 0 Å². The Bertz CT molecular complexity index is 815. The number of fused-ring (bicyclic) bond motifs is 1. The van der Waals surface area contributed by atoms with E-state index in [0.29, 0.717) is 15.9 Å². The largest absolute Gasteiger partial charge is 0.494 e. The number of halogens is 1. The van der Waals surface area contributed by atoms with Crippen LogP contribution in [0.25, 0.3) is 10.2 Å². The Kier molecular flexibility index (Phi) is 4.27. The molecule has 3 aromatic rings. The van der Waals surface area contributed by atoms with Crippen LogP contribution in [-0.2, 0) is 11.2 Å². The van der Waals surface area contributed by atoms with Crippen LogP contribution >= 0.6 is 22.9 Å². The van der Waals surface area contributed by atoms with Crippen molar-refractivity contribution in [3.63, 3.8) is 0 Å². The van der Waals surface area contributed by atoms with Gasteiger partial charge in [-0.2, -0.15) is 0 Å². The van der Waals surface area contributed by atoms with Crippen LogP contribution in [0, 0.1) is 0 Å². The molecule has 0 spiro atoms. The molecule has 0 bridgehead atoms. The van der Waals surface area contributed by atoms with Crippen LogP contribution in [-0.4, -0.2) is 18.0 Å². The Morgan fingerprint density at radius 2 is 2.05 bits per heavy atom. The second-order valence-electron chi connectivity index (χ2n) is 4.68. The summed E-state index contributed by atoms with van der Waals surface area (Å²) in [6, 6.07) is 12.9. The van der Waals surface area contributed by atoms with Crippen LogP contribution < -0.4 is 10.1 Å². The van der Waals surface area contributed by atoms with Crippen molar-refractivity contribution in [3.05, 3.63) is 53.1 Å². The van der Waals surface area contributed by atoms with E-state index in [1.807, 2.05) is 30.3 Å². The first kappa shape index (κ1) is 14.8. The Hall–Kier alpha value is -2.11. The van der Waals surface area contributed by atoms with E-state index in [-0.39, 0.29) is 12.3 Å². The lowest BCUT2D eigenvalue weighted by Gasteiger charge is -2.02. The van der Waals surface area contributed by atoms with Crippen molar-refractivity contribution >= 4 is 44.2 Å². The fourth-order valence-corrected chi connectivity index (χ4v) is 3.12. The van der Waals surface area contributed by atoms with E-state index in [1.54, 1.807) is 19.2 Å². The number of rotatable bonds is 4. The van der Waals surface area contributed by atoms with Crippen molar-refractivity contribution in [1.29, 1.82) is 0 Å². The lowest BCUT2D eigenvalue weighted by Crippen LogP contribution is -2.14. The first-order valence-electron chi connectivity index (χ1n) is 6.63. The van der Waals surface area contributed by atoms with E-state index in [2.05, 4.69) is 10.3 Å². The Morgan fingerprint density at radius 3 is 2.77 bits per heavy atom. The van der Waals surface area contributed by atoms with Crippen molar-refractivity contribution in [2.75, 3.05) is 12.4 Å². The predicted octanol–water partition coefficient (Wildman–Crippen LogP) is 4.14. The van der Waals surface area contributed by atoms with Crippen molar-refractivity contribution in [1.82, 2.24) is 4.98 Å². The summed E-state index contributed by atoms with van der Waals surface area (Å²) in [6.07, 6.45) is 0.282. The number of amides is 1. The molecule has 22 heavy (non-hydrogen) atoms. The van der Waals surface area contributed by atoms with Crippen LogP contribution in [0.4, 0.5) is 5.13 Å². The monoisotopic (exact) mass is 332 g/mol. The van der Waals surface area contributed by atoms with E-state index in [9.17, 15) is 4.79 Å². The average Bonchev–Trinajstić information content (AvgIpc) is 2.91. The number of ether oxygens (including phenoxy) is 1. The van der Waals surface area contributed by atoms with E-state index in [0.717, 1.165) is 15.8 Å². The van der Waals surface area contributed by atoms with Gasteiger partial charge < -0.3 is 10.1 Å². The van der Waals surface area contributed by atoms with Crippen LogP contribution in [0.2, 0.25) is 5.02 Å². The van der Waals surface area contributed by atoms with Crippen molar-refractivity contribution < 1.29 is 9.53 Å². The molecule has 112 valence electrons. The highest BCUT2D eigenvalue weighted by Gasteiger charge is 2.11. The molecule has 1 amide bonds. The molecular formula is C16H13ClN2O2S. The topological polar surface area (TPSA) is 51.2 Å². The summed E-state index contributed by atoms with van der Waals surface area (Å²) < 4.78 is 6.24. The van der Waals surface area contributed by atoms with Crippen LogP contribution in [0.1, 0.15) is 5.56 Å². The quantitative estimate of drug-likeness (QED) is 0.781. The molecule has 3 rings (SSSR count). The maximum absolute atomic E-state index is 12.1. The number of aromatic nitrogens is 1. The second-order valence-corrected chi connectivity index (χ2v) is 6.14. The number of nitrogens with one attached hydrogen (secondary N) is 1. The number of methoxy groups -OCH3 is 1. The zero-order chi connectivity index (χ0) is 15.5. The molecule has 0 aliphatic rings. The number of para-hydroxylation sites is 1. The minimum absolute atomic E-state index is 0.111. The molecule has 0 aliphatic heterocycles. The van der Waals surface area contributed by atoms with Gasteiger partial charge in [0.1, 0.15) is 11.3 Å². The number of nitrogens with zero attached hydrogens (tertiary/aromatic N) is 1. The molecule has 0 unspecified atom stereocenters. The van der Waals surface area contributed by atoms with Gasteiger partial charge in [-0.15, -0.1) is 0 Å². The van der Waals surface area contributed by atoms with Gasteiger partial charge in [0.15, 0.2) is 5.13 Å². The highest BCUT2D eigenvalue weighted by molar-refractivity contribution is 7.22. The summed E-state index contributed by atoms with van der Waals surface area (Å²) in [5, 5.41) is 4.05. The third kappa shape index (κ3) is 3.21. The minimum Gasteiger partial charge on any atom is -0.494 e. The molecule has 0 fully saturated rings. The molecular weight excluding hydrogens is 320 g/mol. The molecule has 0 saturated carbocycles.